The van der Waals surface area contributed by atoms with Crippen LogP contribution >= 0.6 is 0 Å². The van der Waals surface area contributed by atoms with Crippen LogP contribution in [0.15, 0.2) is 52.7 Å². The van der Waals surface area contributed by atoms with Gasteiger partial charge in [0.15, 0.2) is 0 Å². The van der Waals surface area contributed by atoms with E-state index >= 15 is 0 Å². The molecule has 0 amide bonds. The van der Waals surface area contributed by atoms with Crippen LogP contribution in [0.25, 0.3) is 0 Å². The third-order valence-corrected chi connectivity index (χ3v) is 6.73. The van der Waals surface area contributed by atoms with Gasteiger partial charge >= 0.3 is 0 Å². The molecule has 3 heteroatoms. The zero-order valence-electron chi connectivity index (χ0n) is 22.9. The van der Waals surface area contributed by atoms with Crippen LogP contribution in [-0.4, -0.2) is 6.61 Å². The molecule has 0 saturated carbocycles. The van der Waals surface area contributed by atoms with Crippen LogP contribution in [0.5, 0.6) is 5.75 Å². The summed E-state index contributed by atoms with van der Waals surface area (Å²) >= 11 is 0. The molecule has 0 aliphatic carbocycles. The van der Waals surface area contributed by atoms with Crippen molar-refractivity contribution in [1.29, 1.82) is 0 Å². The third kappa shape index (κ3) is 14.1. The summed E-state index contributed by atoms with van der Waals surface area (Å²) in [5.41, 5.74) is 4.07. The van der Waals surface area contributed by atoms with Gasteiger partial charge in [0.05, 0.1) is 18.0 Å². The first-order valence-corrected chi connectivity index (χ1v) is 14.4. The molecule has 0 unspecified atom stereocenters. The van der Waals surface area contributed by atoms with E-state index in [0.29, 0.717) is 0 Å². The Bertz CT molecular complexity index is 813. The quantitative estimate of drug-likeness (QED) is 0.138. The van der Waals surface area contributed by atoms with Gasteiger partial charge in [-0.3, -0.25) is 0 Å². The van der Waals surface area contributed by atoms with E-state index in [0.717, 1.165) is 35.7 Å². The second-order valence-electron chi connectivity index (χ2n) is 10.1. The van der Waals surface area contributed by atoms with Gasteiger partial charge in [-0.25, -0.2) is 0 Å². The lowest BCUT2D eigenvalue weighted by Crippen LogP contribution is -1.98. The molecule has 0 N–H and O–H groups in total. The van der Waals surface area contributed by atoms with Gasteiger partial charge < -0.3 is 4.74 Å². The predicted octanol–water partition coefficient (Wildman–Crippen LogP) is 11.4. The Morgan fingerprint density at radius 1 is 0.543 bits per heavy atom. The normalized spacial score (nSPS) is 11.4. The second-order valence-corrected chi connectivity index (χ2v) is 10.1. The molecule has 2 rings (SSSR count). The third-order valence-electron chi connectivity index (χ3n) is 6.73. The highest BCUT2D eigenvalue weighted by Gasteiger charge is 2.02. The minimum Gasteiger partial charge on any atom is -0.493 e. The van der Waals surface area contributed by atoms with Crippen molar-refractivity contribution in [2.75, 3.05) is 6.61 Å². The number of nitrogens with zero attached hydrogens (tertiary/aromatic N) is 2. The first kappa shape index (κ1) is 29.1. The maximum Gasteiger partial charge on any atom is 0.122 e. The summed E-state index contributed by atoms with van der Waals surface area (Å²) in [6.45, 7) is 7.24. The van der Waals surface area contributed by atoms with Gasteiger partial charge in [0.1, 0.15) is 5.75 Å². The van der Waals surface area contributed by atoms with Crippen molar-refractivity contribution >= 4 is 11.4 Å². The van der Waals surface area contributed by atoms with E-state index in [4.69, 9.17) is 4.74 Å². The van der Waals surface area contributed by atoms with Crippen molar-refractivity contribution in [2.24, 2.45) is 10.2 Å². The summed E-state index contributed by atoms with van der Waals surface area (Å²) in [7, 11) is 0. The molecule has 0 aliphatic heterocycles. The Labute approximate surface area is 215 Å². The monoisotopic (exact) mass is 478 g/mol. The molecule has 35 heavy (non-hydrogen) atoms. The van der Waals surface area contributed by atoms with Crippen molar-refractivity contribution in [1.82, 2.24) is 0 Å². The molecule has 0 atom stereocenters. The smallest absolute Gasteiger partial charge is 0.122 e. The Morgan fingerprint density at radius 3 is 1.51 bits per heavy atom. The minimum absolute atomic E-state index is 0.795. The molecule has 2 aromatic rings. The number of aryl methyl sites for hydroxylation is 2. The van der Waals surface area contributed by atoms with Crippen LogP contribution in [0.4, 0.5) is 11.4 Å². The lowest BCUT2D eigenvalue weighted by atomic mass is 10.0. The average molecular weight is 479 g/mol. The van der Waals surface area contributed by atoms with E-state index in [1.54, 1.807) is 0 Å². The Balaban J connectivity index is 1.44. The van der Waals surface area contributed by atoms with E-state index in [-0.39, 0.29) is 0 Å². The maximum atomic E-state index is 6.01. The zero-order chi connectivity index (χ0) is 25.0. The molecule has 0 aromatic heterocycles. The number of rotatable bonds is 20. The fraction of sp³-hybridized carbons (Fsp3) is 0.625. The van der Waals surface area contributed by atoms with E-state index in [9.17, 15) is 0 Å². The first-order chi connectivity index (χ1) is 17.2. The highest BCUT2D eigenvalue weighted by Crippen LogP contribution is 2.26. The van der Waals surface area contributed by atoms with Gasteiger partial charge in [-0.15, -0.1) is 0 Å². The minimum atomic E-state index is 0.795. The van der Waals surface area contributed by atoms with Gasteiger partial charge in [0.25, 0.3) is 0 Å². The van der Waals surface area contributed by atoms with Crippen molar-refractivity contribution in [3.63, 3.8) is 0 Å². The molecule has 0 spiro atoms. The van der Waals surface area contributed by atoms with Gasteiger partial charge in [-0.2, -0.15) is 10.2 Å². The molecule has 0 aliphatic rings. The molecule has 0 bridgehead atoms. The van der Waals surface area contributed by atoms with Crippen molar-refractivity contribution < 1.29 is 4.74 Å². The van der Waals surface area contributed by atoms with Crippen LogP contribution < -0.4 is 4.74 Å². The predicted molar refractivity (Wildman–Crippen MR) is 152 cm³/mol. The molecular formula is C32H50N2O. The van der Waals surface area contributed by atoms with Crippen molar-refractivity contribution in [2.45, 2.75) is 124 Å². The Kier molecular flexibility index (Phi) is 15.8. The first-order valence-electron chi connectivity index (χ1n) is 14.4. The number of hydrogen-bond acceptors (Lipinski definition) is 3. The van der Waals surface area contributed by atoms with Crippen LogP contribution in [-0.2, 0) is 0 Å². The van der Waals surface area contributed by atoms with Gasteiger partial charge in [0.2, 0.25) is 0 Å². The number of ether oxygens (including phenoxy) is 1. The van der Waals surface area contributed by atoms with Crippen LogP contribution in [0.2, 0.25) is 0 Å². The average Bonchev–Trinajstić information content (AvgIpc) is 2.86. The van der Waals surface area contributed by atoms with Crippen molar-refractivity contribution in [3.8, 4) is 5.75 Å². The summed E-state index contributed by atoms with van der Waals surface area (Å²) in [5, 5.41) is 8.68. The lowest BCUT2D eigenvalue weighted by molar-refractivity contribution is 0.302. The SMILES string of the molecule is CCCCCCCCCCCCCCCCCCOc1ccc(/N=N/c2ccc(C)cc2)cc1C. The maximum absolute atomic E-state index is 6.01. The summed E-state index contributed by atoms with van der Waals surface area (Å²) in [4.78, 5) is 0. The number of unbranched alkanes of at least 4 members (excludes halogenated alkanes) is 15. The number of benzene rings is 2. The van der Waals surface area contributed by atoms with Crippen LogP contribution in [0, 0.1) is 13.8 Å². The van der Waals surface area contributed by atoms with Gasteiger partial charge in [-0.1, -0.05) is 121 Å². The van der Waals surface area contributed by atoms with Crippen LogP contribution in [0.3, 0.4) is 0 Å². The van der Waals surface area contributed by atoms with Gasteiger partial charge in [-0.05, 0) is 56.2 Å². The fourth-order valence-corrected chi connectivity index (χ4v) is 4.42. The highest BCUT2D eigenvalue weighted by atomic mass is 16.5. The summed E-state index contributed by atoms with van der Waals surface area (Å²) in [6.07, 6.45) is 22.3. The molecule has 194 valence electrons. The fourth-order valence-electron chi connectivity index (χ4n) is 4.42. The van der Waals surface area contributed by atoms with E-state index in [2.05, 4.69) is 43.1 Å². The zero-order valence-corrected chi connectivity index (χ0v) is 22.9. The highest BCUT2D eigenvalue weighted by molar-refractivity contribution is 5.47. The molecular weight excluding hydrogens is 428 g/mol. The standard InChI is InChI=1S/C32H50N2O/c1-4-5-6-7-8-9-10-11-12-13-14-15-16-17-18-19-26-35-32-25-24-31(27-29(32)3)34-33-30-22-20-28(2)21-23-30/h20-25,27H,4-19,26H2,1-3H3/b34-33+. The molecule has 0 fully saturated rings. The molecule has 0 saturated heterocycles. The van der Waals surface area contributed by atoms with E-state index in [1.807, 2.05) is 30.3 Å². The van der Waals surface area contributed by atoms with Gasteiger partial charge in [0, 0.05) is 0 Å². The van der Waals surface area contributed by atoms with E-state index in [1.165, 1.54) is 102 Å². The molecule has 0 heterocycles. The van der Waals surface area contributed by atoms with Crippen molar-refractivity contribution in [3.05, 3.63) is 53.6 Å². The summed E-state index contributed by atoms with van der Waals surface area (Å²) in [5.74, 6) is 0.959. The number of hydrogen-bond donors (Lipinski definition) is 0. The Hall–Kier alpha value is -2.16. The topological polar surface area (TPSA) is 34.0 Å². The molecule has 0 radical (unpaired) electrons. The molecule has 3 nitrogen and oxygen atoms in total. The second kappa shape index (κ2) is 19.1. The molecule has 2 aromatic carbocycles. The summed E-state index contributed by atoms with van der Waals surface area (Å²) in [6, 6.07) is 14.1. The van der Waals surface area contributed by atoms with E-state index < -0.39 is 0 Å². The lowest BCUT2D eigenvalue weighted by Gasteiger charge is -2.09. The Morgan fingerprint density at radius 2 is 1.00 bits per heavy atom. The summed E-state index contributed by atoms with van der Waals surface area (Å²) < 4.78 is 6.01. The number of azo groups is 1. The largest absolute Gasteiger partial charge is 0.493 e. The van der Waals surface area contributed by atoms with Crippen LogP contribution in [0.1, 0.15) is 121 Å².